The molecule has 0 aromatic rings. The second kappa shape index (κ2) is 4.01. The molecule has 1 aliphatic rings. The van der Waals surface area contributed by atoms with E-state index in [1.807, 2.05) is 0 Å². The van der Waals surface area contributed by atoms with Gasteiger partial charge in [0.25, 0.3) is 0 Å². The third-order valence-electron chi connectivity index (χ3n) is 2.00. The van der Waals surface area contributed by atoms with Crippen LogP contribution in [0.4, 0.5) is 0 Å². The van der Waals surface area contributed by atoms with Crippen molar-refractivity contribution in [1.29, 1.82) is 0 Å². The molecule has 3 N–H and O–H groups in total. The number of nitrogens with one attached hydrogen (secondary N) is 1. The molecule has 0 amide bonds. The van der Waals surface area contributed by atoms with E-state index in [4.69, 9.17) is 4.74 Å². The number of piperidine rings is 1. The van der Waals surface area contributed by atoms with Crippen molar-refractivity contribution in [2.75, 3.05) is 20.3 Å². The Bertz CT molecular complexity index is 118. The molecule has 0 radical (unpaired) electrons. The zero-order valence-corrected chi connectivity index (χ0v) is 6.66. The molecule has 0 spiro atoms. The van der Waals surface area contributed by atoms with Crippen LogP contribution in [0, 0.1) is 0 Å². The Morgan fingerprint density at radius 3 is 2.91 bits per heavy atom. The molecule has 1 unspecified atom stereocenters. The molecule has 1 rings (SSSR count). The predicted octanol–water partition coefficient (Wildman–Crippen LogP) is -1.28. The third-order valence-corrected chi connectivity index (χ3v) is 2.00. The molecule has 4 heteroatoms. The minimum absolute atomic E-state index is 0.122. The summed E-state index contributed by atoms with van der Waals surface area (Å²) in [5.41, 5.74) is 0. The summed E-state index contributed by atoms with van der Waals surface area (Å²) < 4.78 is 4.87. The topological polar surface area (TPSA) is 61.7 Å². The summed E-state index contributed by atoms with van der Waals surface area (Å²) in [6.45, 7) is 1.18. The second-order valence-electron chi connectivity index (χ2n) is 2.86. The summed E-state index contributed by atoms with van der Waals surface area (Å²) in [6, 6.07) is -0.122. The van der Waals surface area contributed by atoms with E-state index in [1.54, 1.807) is 7.11 Å². The predicted molar refractivity (Wildman–Crippen MR) is 40.3 cm³/mol. The molecule has 1 heterocycles. The van der Waals surface area contributed by atoms with Crippen molar-refractivity contribution in [2.24, 2.45) is 0 Å². The minimum Gasteiger partial charge on any atom is -0.390 e. The van der Waals surface area contributed by atoms with E-state index in [9.17, 15) is 10.2 Å². The highest BCUT2D eigenvalue weighted by atomic mass is 16.5. The van der Waals surface area contributed by atoms with Crippen LogP contribution in [0.2, 0.25) is 0 Å². The second-order valence-corrected chi connectivity index (χ2v) is 2.86. The van der Waals surface area contributed by atoms with Crippen molar-refractivity contribution in [3.8, 4) is 0 Å². The largest absolute Gasteiger partial charge is 0.390 e. The first-order chi connectivity index (χ1) is 5.25. The van der Waals surface area contributed by atoms with E-state index < -0.39 is 12.2 Å². The van der Waals surface area contributed by atoms with Crippen molar-refractivity contribution < 1.29 is 14.9 Å². The van der Waals surface area contributed by atoms with Crippen molar-refractivity contribution in [3.05, 3.63) is 0 Å². The average Bonchev–Trinajstić information content (AvgIpc) is 1.99. The molecule has 0 bridgehead atoms. The van der Waals surface area contributed by atoms with E-state index in [0.29, 0.717) is 13.0 Å². The van der Waals surface area contributed by atoms with Gasteiger partial charge >= 0.3 is 0 Å². The van der Waals surface area contributed by atoms with Crippen LogP contribution in [-0.4, -0.2) is 48.7 Å². The van der Waals surface area contributed by atoms with Crippen LogP contribution >= 0.6 is 0 Å². The van der Waals surface area contributed by atoms with Gasteiger partial charge in [0.05, 0.1) is 24.9 Å². The summed E-state index contributed by atoms with van der Waals surface area (Å²) >= 11 is 0. The number of aliphatic hydroxyl groups is 2. The molecule has 0 aliphatic carbocycles. The van der Waals surface area contributed by atoms with Gasteiger partial charge in [-0.1, -0.05) is 0 Å². The Morgan fingerprint density at radius 2 is 2.27 bits per heavy atom. The van der Waals surface area contributed by atoms with Gasteiger partial charge in [-0.3, -0.25) is 0 Å². The van der Waals surface area contributed by atoms with E-state index >= 15 is 0 Å². The van der Waals surface area contributed by atoms with E-state index in [0.717, 1.165) is 6.54 Å². The Kier molecular flexibility index (Phi) is 3.26. The zero-order chi connectivity index (χ0) is 8.27. The van der Waals surface area contributed by atoms with Crippen LogP contribution in [0.5, 0.6) is 0 Å². The van der Waals surface area contributed by atoms with Gasteiger partial charge in [-0.25, -0.2) is 0 Å². The van der Waals surface area contributed by atoms with Crippen molar-refractivity contribution in [3.63, 3.8) is 0 Å². The maximum atomic E-state index is 9.38. The van der Waals surface area contributed by atoms with E-state index in [2.05, 4.69) is 5.32 Å². The average molecular weight is 161 g/mol. The maximum Gasteiger partial charge on any atom is 0.0974 e. The molecule has 0 aromatic carbocycles. The highest BCUT2D eigenvalue weighted by Gasteiger charge is 2.29. The van der Waals surface area contributed by atoms with Crippen molar-refractivity contribution in [2.45, 2.75) is 24.7 Å². The van der Waals surface area contributed by atoms with Gasteiger partial charge in [-0.2, -0.15) is 0 Å². The zero-order valence-electron chi connectivity index (χ0n) is 6.66. The smallest absolute Gasteiger partial charge is 0.0974 e. The highest BCUT2D eigenvalue weighted by molar-refractivity contribution is 4.86. The van der Waals surface area contributed by atoms with E-state index in [-0.39, 0.29) is 6.04 Å². The lowest BCUT2D eigenvalue weighted by Crippen LogP contribution is -2.54. The van der Waals surface area contributed by atoms with Gasteiger partial charge in [0.1, 0.15) is 0 Å². The molecule has 1 aliphatic heterocycles. The van der Waals surface area contributed by atoms with Gasteiger partial charge < -0.3 is 20.3 Å². The lowest BCUT2D eigenvalue weighted by molar-refractivity contribution is -0.0429. The number of hydrogen-bond donors (Lipinski definition) is 3. The molecule has 1 saturated heterocycles. The normalized spacial score (nSPS) is 39.0. The first kappa shape index (κ1) is 8.93. The SMILES string of the molecule is COCC1NCC[C@@H](O)[C@H]1O. The van der Waals surface area contributed by atoms with Gasteiger partial charge in [0, 0.05) is 7.11 Å². The summed E-state index contributed by atoms with van der Waals surface area (Å²) in [4.78, 5) is 0. The third kappa shape index (κ3) is 2.13. The Labute approximate surface area is 66.2 Å². The summed E-state index contributed by atoms with van der Waals surface area (Å²) in [5.74, 6) is 0. The van der Waals surface area contributed by atoms with E-state index in [1.165, 1.54) is 0 Å². The lowest BCUT2D eigenvalue weighted by Gasteiger charge is -2.32. The van der Waals surface area contributed by atoms with Crippen molar-refractivity contribution >= 4 is 0 Å². The summed E-state index contributed by atoms with van der Waals surface area (Å²) in [7, 11) is 1.58. The fraction of sp³-hybridized carbons (Fsp3) is 1.00. The quantitative estimate of drug-likeness (QED) is 0.472. The molecular weight excluding hydrogens is 146 g/mol. The number of methoxy groups -OCH3 is 1. The molecule has 66 valence electrons. The lowest BCUT2D eigenvalue weighted by atomic mass is 9.99. The minimum atomic E-state index is -0.691. The monoisotopic (exact) mass is 161 g/mol. The maximum absolute atomic E-state index is 9.38. The van der Waals surface area contributed by atoms with Gasteiger partial charge in [0.2, 0.25) is 0 Å². The van der Waals surface area contributed by atoms with Crippen LogP contribution in [0.15, 0.2) is 0 Å². The Morgan fingerprint density at radius 1 is 1.55 bits per heavy atom. The van der Waals surface area contributed by atoms with Crippen LogP contribution < -0.4 is 5.32 Å². The molecular formula is C7H15NO3. The standard InChI is InChI=1S/C7H15NO3/c1-11-4-5-7(10)6(9)2-3-8-5/h5-10H,2-4H2,1H3/t5?,6-,7+/m1/s1. The van der Waals surface area contributed by atoms with Crippen LogP contribution in [0.3, 0.4) is 0 Å². The summed E-state index contributed by atoms with van der Waals surface area (Å²) in [6.07, 6.45) is -0.679. The van der Waals surface area contributed by atoms with Crippen molar-refractivity contribution in [1.82, 2.24) is 5.32 Å². The number of ether oxygens (including phenoxy) is 1. The summed E-state index contributed by atoms with van der Waals surface area (Å²) in [5, 5.41) is 21.7. The fourth-order valence-corrected chi connectivity index (χ4v) is 1.31. The number of hydrogen-bond acceptors (Lipinski definition) is 4. The Hall–Kier alpha value is -0.160. The first-order valence-electron chi connectivity index (χ1n) is 3.84. The molecule has 0 aromatic heterocycles. The number of aliphatic hydroxyl groups excluding tert-OH is 2. The van der Waals surface area contributed by atoms with Gasteiger partial charge in [-0.05, 0) is 13.0 Å². The van der Waals surface area contributed by atoms with Gasteiger partial charge in [0.15, 0.2) is 0 Å². The Balaban J connectivity index is 2.38. The number of rotatable bonds is 2. The fourth-order valence-electron chi connectivity index (χ4n) is 1.31. The highest BCUT2D eigenvalue weighted by Crippen LogP contribution is 2.09. The molecule has 0 saturated carbocycles. The molecule has 3 atom stereocenters. The molecule has 11 heavy (non-hydrogen) atoms. The molecule has 4 nitrogen and oxygen atoms in total. The van der Waals surface area contributed by atoms with Crippen LogP contribution in [-0.2, 0) is 4.74 Å². The van der Waals surface area contributed by atoms with Crippen LogP contribution in [0.1, 0.15) is 6.42 Å². The first-order valence-corrected chi connectivity index (χ1v) is 3.84. The van der Waals surface area contributed by atoms with Crippen LogP contribution in [0.25, 0.3) is 0 Å². The van der Waals surface area contributed by atoms with Gasteiger partial charge in [-0.15, -0.1) is 0 Å². The molecule has 1 fully saturated rings.